The second kappa shape index (κ2) is 5.34. The molecule has 0 fully saturated rings. The van der Waals surface area contributed by atoms with Crippen LogP contribution in [0, 0.1) is 13.8 Å². The monoisotopic (exact) mass is 318 g/mol. The van der Waals surface area contributed by atoms with Crippen molar-refractivity contribution in [2.24, 2.45) is 0 Å². The molecule has 7 nitrogen and oxygen atoms in total. The molecule has 22 heavy (non-hydrogen) atoms. The first kappa shape index (κ1) is 14.4. The highest BCUT2D eigenvalue weighted by Gasteiger charge is 2.16. The topological polar surface area (TPSA) is 101 Å². The van der Waals surface area contributed by atoms with Crippen molar-refractivity contribution < 1.29 is 4.79 Å². The van der Waals surface area contributed by atoms with E-state index in [1.165, 1.54) is 0 Å². The third-order valence-corrected chi connectivity index (χ3v) is 3.73. The van der Waals surface area contributed by atoms with Crippen LogP contribution in [0.1, 0.15) is 27.4 Å². The SMILES string of the molecule is Cc1cc(C)n2cc(CNC(=O)c3[nH]nc(N)c3Cl)nc2c1. The van der Waals surface area contributed by atoms with Gasteiger partial charge in [-0.1, -0.05) is 11.6 Å². The van der Waals surface area contributed by atoms with Crippen molar-refractivity contribution >= 4 is 29.0 Å². The lowest BCUT2D eigenvalue weighted by atomic mass is 10.2. The number of hydrogen-bond donors (Lipinski definition) is 3. The number of fused-ring (bicyclic) bond motifs is 1. The molecule has 0 spiro atoms. The average Bonchev–Trinajstić information content (AvgIpc) is 3.01. The van der Waals surface area contributed by atoms with E-state index in [2.05, 4.69) is 26.6 Å². The number of rotatable bonds is 3. The first-order chi connectivity index (χ1) is 10.5. The summed E-state index contributed by atoms with van der Waals surface area (Å²) >= 11 is 5.89. The van der Waals surface area contributed by atoms with E-state index >= 15 is 0 Å². The van der Waals surface area contributed by atoms with E-state index in [0.717, 1.165) is 22.6 Å². The quantitative estimate of drug-likeness (QED) is 0.685. The van der Waals surface area contributed by atoms with E-state index in [0.29, 0.717) is 0 Å². The van der Waals surface area contributed by atoms with Gasteiger partial charge in [0.1, 0.15) is 16.4 Å². The minimum absolute atomic E-state index is 0.102. The summed E-state index contributed by atoms with van der Waals surface area (Å²) in [5.41, 5.74) is 9.49. The zero-order valence-corrected chi connectivity index (χ0v) is 12.9. The average molecular weight is 319 g/mol. The molecule has 0 radical (unpaired) electrons. The number of imidazole rings is 1. The van der Waals surface area contributed by atoms with Crippen LogP contribution in [-0.4, -0.2) is 25.5 Å². The first-order valence-electron chi connectivity index (χ1n) is 6.68. The molecule has 0 saturated heterocycles. The molecule has 0 saturated carbocycles. The third-order valence-electron chi connectivity index (χ3n) is 3.35. The summed E-state index contributed by atoms with van der Waals surface area (Å²) in [4.78, 5) is 16.5. The van der Waals surface area contributed by atoms with Crippen molar-refractivity contribution in [3.05, 3.63) is 46.0 Å². The van der Waals surface area contributed by atoms with Crippen molar-refractivity contribution in [1.82, 2.24) is 24.9 Å². The maximum Gasteiger partial charge on any atom is 0.271 e. The number of aromatic nitrogens is 4. The highest BCUT2D eigenvalue weighted by Crippen LogP contribution is 2.19. The van der Waals surface area contributed by atoms with Gasteiger partial charge in [0.15, 0.2) is 5.82 Å². The maximum atomic E-state index is 12.0. The summed E-state index contributed by atoms with van der Waals surface area (Å²) in [6, 6.07) is 4.06. The fourth-order valence-electron chi connectivity index (χ4n) is 2.31. The predicted octanol–water partition coefficient (Wildman–Crippen LogP) is 1.84. The van der Waals surface area contributed by atoms with Gasteiger partial charge in [0, 0.05) is 11.9 Å². The number of halogens is 1. The van der Waals surface area contributed by atoms with Crippen LogP contribution in [0.4, 0.5) is 5.82 Å². The number of nitrogens with one attached hydrogen (secondary N) is 2. The number of H-pyrrole nitrogens is 1. The molecule has 0 aliphatic carbocycles. The van der Waals surface area contributed by atoms with Crippen LogP contribution < -0.4 is 11.1 Å². The van der Waals surface area contributed by atoms with E-state index in [1.54, 1.807) is 0 Å². The van der Waals surface area contributed by atoms with Gasteiger partial charge in [0.05, 0.1) is 12.2 Å². The summed E-state index contributed by atoms with van der Waals surface area (Å²) in [6.45, 7) is 4.32. The lowest BCUT2D eigenvalue weighted by molar-refractivity contribution is 0.0945. The van der Waals surface area contributed by atoms with E-state index in [9.17, 15) is 4.79 Å². The van der Waals surface area contributed by atoms with Crippen molar-refractivity contribution in [3.63, 3.8) is 0 Å². The van der Waals surface area contributed by atoms with Gasteiger partial charge in [-0.05, 0) is 31.5 Å². The number of amides is 1. The Hall–Kier alpha value is -2.54. The van der Waals surface area contributed by atoms with Crippen molar-refractivity contribution in [2.75, 3.05) is 5.73 Å². The molecule has 3 aromatic rings. The van der Waals surface area contributed by atoms with Crippen LogP contribution in [-0.2, 0) is 6.54 Å². The van der Waals surface area contributed by atoms with Crippen LogP contribution >= 0.6 is 11.6 Å². The Labute approximate surface area is 131 Å². The second-order valence-electron chi connectivity index (χ2n) is 5.12. The normalized spacial score (nSPS) is 11.0. The third kappa shape index (κ3) is 2.50. The number of aryl methyl sites for hydroxylation is 2. The summed E-state index contributed by atoms with van der Waals surface area (Å²) in [6.07, 6.45) is 1.90. The van der Waals surface area contributed by atoms with E-state index < -0.39 is 0 Å². The molecule has 0 atom stereocenters. The lowest BCUT2D eigenvalue weighted by Crippen LogP contribution is -2.23. The number of hydrogen-bond acceptors (Lipinski definition) is 4. The zero-order valence-electron chi connectivity index (χ0n) is 12.1. The molecule has 1 amide bonds. The smallest absolute Gasteiger partial charge is 0.271 e. The molecule has 0 aromatic carbocycles. The molecule has 0 aliphatic heterocycles. The number of carbonyl (C=O) groups is 1. The molecule has 8 heteroatoms. The Morgan fingerprint density at radius 2 is 2.23 bits per heavy atom. The fraction of sp³-hybridized carbons (Fsp3) is 0.214. The fourth-order valence-corrected chi connectivity index (χ4v) is 2.48. The Balaban J connectivity index is 1.78. The standard InChI is InChI=1S/C14H15ClN6O/c1-7-3-8(2)21-6-9(18-10(21)4-7)5-17-14(22)12-11(15)13(16)20-19-12/h3-4,6H,5H2,1-2H3,(H,17,22)(H3,16,19,20). The number of aromatic amines is 1. The van der Waals surface area contributed by atoms with Gasteiger partial charge in [-0.15, -0.1) is 0 Å². The predicted molar refractivity (Wildman–Crippen MR) is 83.8 cm³/mol. The van der Waals surface area contributed by atoms with Gasteiger partial charge in [-0.25, -0.2) is 4.98 Å². The highest BCUT2D eigenvalue weighted by molar-refractivity contribution is 6.35. The van der Waals surface area contributed by atoms with Crippen molar-refractivity contribution in [3.8, 4) is 0 Å². The van der Waals surface area contributed by atoms with Gasteiger partial charge in [0.2, 0.25) is 0 Å². The van der Waals surface area contributed by atoms with Crippen LogP contribution in [0.25, 0.3) is 5.65 Å². The van der Waals surface area contributed by atoms with Crippen molar-refractivity contribution in [1.29, 1.82) is 0 Å². The minimum atomic E-state index is -0.376. The summed E-state index contributed by atoms with van der Waals surface area (Å²) in [7, 11) is 0. The van der Waals surface area contributed by atoms with E-state index in [4.69, 9.17) is 17.3 Å². The zero-order chi connectivity index (χ0) is 15.9. The number of pyridine rings is 1. The van der Waals surface area contributed by atoms with Crippen LogP contribution in [0.15, 0.2) is 18.3 Å². The Bertz CT molecular complexity index is 866. The highest BCUT2D eigenvalue weighted by atomic mass is 35.5. The maximum absolute atomic E-state index is 12.0. The molecule has 3 heterocycles. The molecule has 4 N–H and O–H groups in total. The van der Waals surface area contributed by atoms with Gasteiger partial charge in [-0.2, -0.15) is 5.10 Å². The van der Waals surface area contributed by atoms with Crippen LogP contribution in [0.3, 0.4) is 0 Å². The molecule has 0 unspecified atom stereocenters. The lowest BCUT2D eigenvalue weighted by Gasteiger charge is -2.01. The minimum Gasteiger partial charge on any atom is -0.381 e. The first-order valence-corrected chi connectivity index (χ1v) is 7.06. The number of anilines is 1. The van der Waals surface area contributed by atoms with Gasteiger partial charge >= 0.3 is 0 Å². The van der Waals surface area contributed by atoms with Gasteiger partial charge in [-0.3, -0.25) is 9.89 Å². The summed E-state index contributed by atoms with van der Waals surface area (Å²) in [5.74, 6) is -0.273. The number of carbonyl (C=O) groups excluding carboxylic acids is 1. The van der Waals surface area contributed by atoms with Crippen LogP contribution in [0.2, 0.25) is 5.02 Å². The van der Waals surface area contributed by atoms with Crippen molar-refractivity contribution in [2.45, 2.75) is 20.4 Å². The molecule has 3 aromatic heterocycles. The second-order valence-corrected chi connectivity index (χ2v) is 5.49. The van der Waals surface area contributed by atoms with E-state index in [1.807, 2.05) is 30.5 Å². The number of nitrogens with zero attached hydrogens (tertiary/aromatic N) is 3. The molecular formula is C14H15ClN6O. The Morgan fingerprint density at radius 1 is 1.45 bits per heavy atom. The number of nitrogen functional groups attached to an aromatic ring is 1. The Kier molecular flexibility index (Phi) is 3.50. The molecule has 3 rings (SSSR count). The van der Waals surface area contributed by atoms with E-state index in [-0.39, 0.29) is 29.0 Å². The molecular weight excluding hydrogens is 304 g/mol. The Morgan fingerprint density at radius 3 is 2.91 bits per heavy atom. The largest absolute Gasteiger partial charge is 0.381 e. The van der Waals surface area contributed by atoms with Crippen LogP contribution in [0.5, 0.6) is 0 Å². The molecule has 0 aliphatic rings. The summed E-state index contributed by atoms with van der Waals surface area (Å²) in [5, 5.41) is 9.06. The van der Waals surface area contributed by atoms with Gasteiger partial charge < -0.3 is 15.5 Å². The number of nitrogens with two attached hydrogens (primary N) is 1. The molecule has 114 valence electrons. The summed E-state index contributed by atoms with van der Waals surface area (Å²) < 4.78 is 1.98. The molecule has 0 bridgehead atoms. The van der Waals surface area contributed by atoms with Gasteiger partial charge in [0.25, 0.3) is 5.91 Å².